The molecular weight excluding hydrogens is 435 g/mol. The van der Waals surface area contributed by atoms with Crippen LogP contribution in [-0.4, -0.2) is 28.3 Å². The molecule has 174 valence electrons. The number of carbonyl (C=O) groups is 3. The minimum Gasteiger partial charge on any atom is -0.389 e. The highest BCUT2D eigenvalue weighted by atomic mass is 19.1. The van der Waals surface area contributed by atoms with Gasteiger partial charge in [-0.2, -0.15) is 0 Å². The van der Waals surface area contributed by atoms with E-state index in [0.717, 1.165) is 0 Å². The van der Waals surface area contributed by atoms with Gasteiger partial charge in [-0.25, -0.2) is 4.39 Å². The summed E-state index contributed by atoms with van der Waals surface area (Å²) < 4.78 is 14.2. The molecule has 4 unspecified atom stereocenters. The number of benzene rings is 3. The van der Waals surface area contributed by atoms with Crippen molar-refractivity contribution in [2.75, 3.05) is 10.6 Å². The van der Waals surface area contributed by atoms with Gasteiger partial charge in [0, 0.05) is 23.7 Å². The Hall–Kier alpha value is -3.84. The van der Waals surface area contributed by atoms with Crippen LogP contribution in [0.3, 0.4) is 0 Å². The van der Waals surface area contributed by atoms with Gasteiger partial charge < -0.3 is 15.7 Å². The van der Waals surface area contributed by atoms with Crippen LogP contribution in [0, 0.1) is 17.7 Å². The number of nitrogens with one attached hydrogen (secondary N) is 2. The second-order valence-electron chi connectivity index (χ2n) is 8.75. The van der Waals surface area contributed by atoms with Crippen molar-refractivity contribution in [1.82, 2.24) is 0 Å². The molecule has 4 rings (SSSR count). The van der Waals surface area contributed by atoms with Crippen molar-refractivity contribution in [2.45, 2.75) is 24.9 Å². The summed E-state index contributed by atoms with van der Waals surface area (Å²) in [5.74, 6) is -5.84. The molecule has 0 spiro atoms. The van der Waals surface area contributed by atoms with E-state index in [9.17, 15) is 23.9 Å². The summed E-state index contributed by atoms with van der Waals surface area (Å²) in [6.07, 6.45) is -0.390. The van der Waals surface area contributed by atoms with Crippen LogP contribution in [0.2, 0.25) is 0 Å². The zero-order chi connectivity index (χ0) is 24.3. The highest BCUT2D eigenvalue weighted by molar-refractivity contribution is 6.10. The number of hydrogen-bond acceptors (Lipinski definition) is 4. The molecule has 3 N–H and O–H groups in total. The number of halogens is 1. The van der Waals surface area contributed by atoms with Gasteiger partial charge >= 0.3 is 0 Å². The van der Waals surface area contributed by atoms with Crippen LogP contribution in [0.4, 0.5) is 15.8 Å². The zero-order valence-corrected chi connectivity index (χ0v) is 18.6. The van der Waals surface area contributed by atoms with Crippen molar-refractivity contribution in [3.63, 3.8) is 0 Å². The molecule has 0 aromatic heterocycles. The van der Waals surface area contributed by atoms with Crippen molar-refractivity contribution in [2.24, 2.45) is 11.8 Å². The Labute approximate surface area is 196 Å². The van der Waals surface area contributed by atoms with Gasteiger partial charge in [-0.1, -0.05) is 48.5 Å². The van der Waals surface area contributed by atoms with Crippen molar-refractivity contribution < 1.29 is 23.9 Å². The fourth-order valence-corrected chi connectivity index (χ4v) is 4.69. The fourth-order valence-electron chi connectivity index (χ4n) is 4.69. The second-order valence-corrected chi connectivity index (χ2v) is 8.75. The van der Waals surface area contributed by atoms with Gasteiger partial charge in [0.2, 0.25) is 11.8 Å². The third-order valence-electron chi connectivity index (χ3n) is 6.15. The van der Waals surface area contributed by atoms with E-state index in [-0.39, 0.29) is 5.56 Å². The quantitative estimate of drug-likeness (QED) is 0.499. The van der Waals surface area contributed by atoms with E-state index in [1.54, 1.807) is 66.7 Å². The molecule has 1 saturated carbocycles. The minimum atomic E-state index is -1.75. The van der Waals surface area contributed by atoms with Gasteiger partial charge in [-0.15, -0.1) is 0 Å². The summed E-state index contributed by atoms with van der Waals surface area (Å²) in [7, 11) is 0. The average Bonchev–Trinajstić information content (AvgIpc) is 2.79. The van der Waals surface area contributed by atoms with Crippen LogP contribution in [0.25, 0.3) is 0 Å². The van der Waals surface area contributed by atoms with E-state index in [0.29, 0.717) is 11.4 Å². The highest BCUT2D eigenvalue weighted by Gasteiger charge is 2.55. The first kappa shape index (κ1) is 23.3. The van der Waals surface area contributed by atoms with Crippen LogP contribution in [0.1, 0.15) is 24.8 Å². The van der Waals surface area contributed by atoms with Gasteiger partial charge in [-0.05, 0) is 48.9 Å². The average molecular weight is 461 g/mol. The Morgan fingerprint density at radius 1 is 0.882 bits per heavy atom. The fraction of sp³-hybridized carbons (Fsp3) is 0.222. The normalized spacial score (nSPS) is 24.3. The lowest BCUT2D eigenvalue weighted by Crippen LogP contribution is -2.56. The monoisotopic (exact) mass is 460 g/mol. The summed E-state index contributed by atoms with van der Waals surface area (Å²) in [4.78, 5) is 40.0. The summed E-state index contributed by atoms with van der Waals surface area (Å²) in [6.45, 7) is 1.40. The molecule has 1 fully saturated rings. The molecule has 0 bridgehead atoms. The number of carbonyl (C=O) groups excluding carboxylic acids is 3. The van der Waals surface area contributed by atoms with Gasteiger partial charge in [0.05, 0.1) is 11.5 Å². The zero-order valence-electron chi connectivity index (χ0n) is 18.6. The number of anilines is 2. The third-order valence-corrected chi connectivity index (χ3v) is 6.15. The molecule has 6 nitrogen and oxygen atoms in total. The first-order chi connectivity index (χ1) is 16.3. The topological polar surface area (TPSA) is 95.5 Å². The van der Waals surface area contributed by atoms with Crippen molar-refractivity contribution in [1.29, 1.82) is 0 Å². The summed E-state index contributed by atoms with van der Waals surface area (Å²) in [6, 6.07) is 22.8. The van der Waals surface area contributed by atoms with E-state index in [4.69, 9.17) is 0 Å². The van der Waals surface area contributed by atoms with Gasteiger partial charge in [0.25, 0.3) is 0 Å². The van der Waals surface area contributed by atoms with Crippen molar-refractivity contribution in [3.05, 3.63) is 96.3 Å². The number of hydrogen-bond donors (Lipinski definition) is 3. The minimum absolute atomic E-state index is 0.287. The van der Waals surface area contributed by atoms with E-state index in [1.165, 1.54) is 25.1 Å². The molecule has 0 saturated heterocycles. The van der Waals surface area contributed by atoms with Crippen LogP contribution >= 0.6 is 0 Å². The molecule has 0 heterocycles. The lowest BCUT2D eigenvalue weighted by molar-refractivity contribution is -0.150. The molecule has 1 aliphatic rings. The molecule has 2 amide bonds. The summed E-state index contributed by atoms with van der Waals surface area (Å²) in [5.41, 5.74) is -0.477. The van der Waals surface area contributed by atoms with Gasteiger partial charge in [0.1, 0.15) is 17.5 Å². The highest BCUT2D eigenvalue weighted by Crippen LogP contribution is 2.46. The predicted octanol–water partition coefficient (Wildman–Crippen LogP) is 4.14. The maximum atomic E-state index is 14.2. The van der Waals surface area contributed by atoms with Crippen LogP contribution < -0.4 is 10.6 Å². The Morgan fingerprint density at radius 2 is 1.44 bits per heavy atom. The van der Waals surface area contributed by atoms with Crippen molar-refractivity contribution >= 4 is 29.0 Å². The number of amides is 2. The Bertz CT molecular complexity index is 1200. The van der Waals surface area contributed by atoms with E-state index in [1.807, 2.05) is 0 Å². The van der Waals surface area contributed by atoms with E-state index in [2.05, 4.69) is 10.6 Å². The third kappa shape index (κ3) is 4.89. The number of aliphatic hydroxyl groups is 1. The first-order valence-electron chi connectivity index (χ1n) is 11.0. The van der Waals surface area contributed by atoms with Gasteiger partial charge in [0.15, 0.2) is 0 Å². The van der Waals surface area contributed by atoms with Crippen LogP contribution in [0.15, 0.2) is 84.9 Å². The van der Waals surface area contributed by atoms with Gasteiger partial charge in [-0.3, -0.25) is 14.4 Å². The van der Waals surface area contributed by atoms with Crippen molar-refractivity contribution in [3.8, 4) is 0 Å². The molecule has 0 aliphatic heterocycles. The molecule has 34 heavy (non-hydrogen) atoms. The molecule has 0 radical (unpaired) electrons. The lowest BCUT2D eigenvalue weighted by atomic mass is 9.61. The van der Waals surface area contributed by atoms with Crippen LogP contribution in [-0.2, 0) is 14.4 Å². The van der Waals surface area contributed by atoms with E-state index >= 15 is 0 Å². The second kappa shape index (κ2) is 9.57. The number of ketones is 1. The first-order valence-corrected chi connectivity index (χ1v) is 11.0. The molecular formula is C27H25FN2O4. The number of para-hydroxylation sites is 2. The molecule has 4 atom stereocenters. The molecule has 3 aromatic carbocycles. The predicted molar refractivity (Wildman–Crippen MR) is 127 cm³/mol. The smallest absolute Gasteiger partial charge is 0.235 e. The Kier molecular flexibility index (Phi) is 6.56. The Morgan fingerprint density at radius 3 is 2.00 bits per heavy atom. The van der Waals surface area contributed by atoms with Crippen LogP contribution in [0.5, 0.6) is 0 Å². The Balaban J connectivity index is 1.77. The maximum Gasteiger partial charge on any atom is 0.235 e. The molecule has 7 heteroatoms. The standard InChI is InChI=1S/C27H25FN2O4/c1-27(34)16-21(31)23(25(32)29-19-11-4-2-5-12-19)22(17-9-8-10-18(28)15-17)24(27)26(33)30-20-13-6-3-7-14-20/h2-15,22-24,34H,16H2,1H3,(H,29,32)(H,30,33). The molecule has 3 aromatic rings. The molecule has 1 aliphatic carbocycles. The number of Topliss-reactive ketones (excluding diaryl/α,β-unsaturated/α-hetero) is 1. The summed E-state index contributed by atoms with van der Waals surface area (Å²) >= 11 is 0. The SMILES string of the molecule is CC1(O)CC(=O)C(C(=O)Nc2ccccc2)C(c2cccc(F)c2)C1C(=O)Nc1ccccc1. The number of rotatable bonds is 5. The summed E-state index contributed by atoms with van der Waals surface area (Å²) in [5, 5.41) is 16.7. The largest absolute Gasteiger partial charge is 0.389 e. The maximum absolute atomic E-state index is 14.2. The lowest BCUT2D eigenvalue weighted by Gasteiger charge is -2.44. The van der Waals surface area contributed by atoms with E-state index < -0.39 is 53.2 Å².